The maximum Gasteiger partial charge on any atom is 0.253 e. The van der Waals surface area contributed by atoms with Gasteiger partial charge in [0.05, 0.1) is 0 Å². The highest BCUT2D eigenvalue weighted by Crippen LogP contribution is 2.35. The third-order valence-electron chi connectivity index (χ3n) is 5.66. The lowest BCUT2D eigenvalue weighted by Crippen LogP contribution is -2.48. The number of fused-ring (bicyclic) bond motifs is 1. The molecule has 0 saturated carbocycles. The number of carbonyl (C=O) groups is 1. The molecule has 5 rings (SSSR count). The number of nitrogens with zero attached hydrogens (tertiary/aromatic N) is 5. The average Bonchev–Trinajstić information content (AvgIpc) is 3.38. The Hall–Kier alpha value is -3.46. The molecule has 0 spiro atoms. The average molecular weight is 479 g/mol. The Kier molecular flexibility index (Phi) is 5.73. The van der Waals surface area contributed by atoms with Crippen molar-refractivity contribution in [3.8, 4) is 11.3 Å². The minimum Gasteiger partial charge on any atom is -0.364 e. The molecule has 0 aliphatic carbocycles. The lowest BCUT2D eigenvalue weighted by molar-refractivity contribution is 0.0746. The first kappa shape index (κ1) is 22.3. The van der Waals surface area contributed by atoms with E-state index < -0.39 is 0 Å². The van der Waals surface area contributed by atoms with Gasteiger partial charge in [0.25, 0.3) is 5.91 Å². The van der Waals surface area contributed by atoms with Crippen LogP contribution in [0.25, 0.3) is 16.2 Å². The highest BCUT2D eigenvalue weighted by atomic mass is 32.1. The molecule has 34 heavy (non-hydrogen) atoms. The number of imidazole rings is 1. The summed E-state index contributed by atoms with van der Waals surface area (Å²) in [5.41, 5.74) is 2.09. The van der Waals surface area contributed by atoms with Crippen molar-refractivity contribution in [2.24, 2.45) is 0 Å². The Balaban J connectivity index is 1.39. The Morgan fingerprint density at radius 1 is 1.00 bits per heavy atom. The molecular weight excluding hydrogens is 451 g/mol. The van der Waals surface area contributed by atoms with Gasteiger partial charge in [-0.25, -0.2) is 9.37 Å². The zero-order valence-electron chi connectivity index (χ0n) is 19.5. The van der Waals surface area contributed by atoms with Crippen LogP contribution < -0.4 is 10.2 Å². The van der Waals surface area contributed by atoms with Crippen LogP contribution in [0.3, 0.4) is 0 Å². The van der Waals surface area contributed by atoms with Crippen LogP contribution in [0.5, 0.6) is 0 Å². The van der Waals surface area contributed by atoms with Gasteiger partial charge in [-0.3, -0.25) is 4.79 Å². The molecule has 4 aromatic rings. The van der Waals surface area contributed by atoms with E-state index in [4.69, 9.17) is 10.1 Å². The summed E-state index contributed by atoms with van der Waals surface area (Å²) >= 11 is 1.52. The fourth-order valence-corrected chi connectivity index (χ4v) is 4.96. The van der Waals surface area contributed by atoms with Crippen molar-refractivity contribution in [3.63, 3.8) is 0 Å². The number of halogens is 1. The van der Waals surface area contributed by atoms with Crippen LogP contribution in [0.4, 0.5) is 15.3 Å². The molecule has 1 amide bonds. The van der Waals surface area contributed by atoms with Crippen LogP contribution in [0.2, 0.25) is 0 Å². The van der Waals surface area contributed by atoms with E-state index in [9.17, 15) is 9.18 Å². The summed E-state index contributed by atoms with van der Waals surface area (Å²) < 4.78 is 15.3. The molecule has 1 aliphatic rings. The minimum atomic E-state index is -0.277. The summed E-state index contributed by atoms with van der Waals surface area (Å²) in [5, 5.41) is 9.26. The SMILES string of the molecule is CC(C)(C)Nc1c(-c2ccc(F)cc2)nc2sc(N3CCN(C(=O)c4ccccc4)CC3)nn12. The topological polar surface area (TPSA) is 65.8 Å². The number of hydrogen-bond donors (Lipinski definition) is 1. The van der Waals surface area contributed by atoms with Crippen molar-refractivity contribution in [2.75, 3.05) is 36.4 Å². The minimum absolute atomic E-state index is 0.0646. The fourth-order valence-electron chi connectivity index (χ4n) is 4.01. The zero-order chi connectivity index (χ0) is 23.9. The maximum atomic E-state index is 13.5. The van der Waals surface area contributed by atoms with Crippen molar-refractivity contribution in [1.29, 1.82) is 0 Å². The first-order chi connectivity index (χ1) is 16.3. The number of anilines is 2. The Morgan fingerprint density at radius 2 is 1.68 bits per heavy atom. The van der Waals surface area contributed by atoms with E-state index in [2.05, 4.69) is 31.0 Å². The Morgan fingerprint density at radius 3 is 2.32 bits per heavy atom. The van der Waals surface area contributed by atoms with Crippen molar-refractivity contribution in [1.82, 2.24) is 19.5 Å². The molecule has 2 aromatic heterocycles. The van der Waals surface area contributed by atoms with Crippen LogP contribution in [-0.2, 0) is 0 Å². The number of benzene rings is 2. The van der Waals surface area contributed by atoms with Gasteiger partial charge in [-0.1, -0.05) is 29.5 Å². The normalized spacial score (nSPS) is 14.6. The van der Waals surface area contributed by atoms with Gasteiger partial charge < -0.3 is 15.1 Å². The molecule has 0 atom stereocenters. The van der Waals surface area contributed by atoms with Crippen molar-refractivity contribution in [2.45, 2.75) is 26.3 Å². The monoisotopic (exact) mass is 478 g/mol. The summed E-state index contributed by atoms with van der Waals surface area (Å²) in [6, 6.07) is 15.8. The number of rotatable bonds is 4. The van der Waals surface area contributed by atoms with Gasteiger partial charge in [0, 0.05) is 42.8 Å². The molecule has 9 heteroatoms. The number of nitrogens with one attached hydrogen (secondary N) is 1. The van der Waals surface area contributed by atoms with E-state index in [-0.39, 0.29) is 17.3 Å². The van der Waals surface area contributed by atoms with Gasteiger partial charge >= 0.3 is 0 Å². The molecule has 1 saturated heterocycles. The molecule has 1 fully saturated rings. The van der Waals surface area contributed by atoms with Gasteiger partial charge in [0.1, 0.15) is 11.5 Å². The second kappa shape index (κ2) is 8.72. The second-order valence-electron chi connectivity index (χ2n) is 9.42. The van der Waals surface area contributed by atoms with Gasteiger partial charge in [0.15, 0.2) is 5.82 Å². The van der Waals surface area contributed by atoms with Gasteiger partial charge in [-0.15, -0.1) is 5.10 Å². The van der Waals surface area contributed by atoms with Gasteiger partial charge in [-0.05, 0) is 57.2 Å². The fraction of sp³-hybridized carbons (Fsp3) is 0.320. The number of aromatic nitrogens is 3. The summed E-state index contributed by atoms with van der Waals surface area (Å²) in [7, 11) is 0. The van der Waals surface area contributed by atoms with Crippen LogP contribution >= 0.6 is 11.3 Å². The second-order valence-corrected chi connectivity index (χ2v) is 10.3. The standard InChI is InChI=1S/C25H27FN6OS/c1-25(2,3)28-21-20(17-9-11-19(26)12-10-17)27-23-32(21)29-24(34-23)31-15-13-30(14-16-31)22(33)18-7-5-4-6-8-18/h4-12,28H,13-16H2,1-3H3. The zero-order valence-corrected chi connectivity index (χ0v) is 20.3. The van der Waals surface area contributed by atoms with E-state index >= 15 is 0 Å². The molecular formula is C25H27FN6OS. The first-order valence-corrected chi connectivity index (χ1v) is 12.1. The van der Waals surface area contributed by atoms with E-state index in [0.717, 1.165) is 32.7 Å². The molecule has 1 aliphatic heterocycles. The van der Waals surface area contributed by atoms with Crippen molar-refractivity contribution < 1.29 is 9.18 Å². The van der Waals surface area contributed by atoms with Crippen LogP contribution in [0.15, 0.2) is 54.6 Å². The third-order valence-corrected chi connectivity index (χ3v) is 6.63. The van der Waals surface area contributed by atoms with Crippen LogP contribution in [0, 0.1) is 5.82 Å². The van der Waals surface area contributed by atoms with Crippen molar-refractivity contribution >= 4 is 33.2 Å². The molecule has 0 radical (unpaired) electrons. The predicted octanol–water partition coefficient (Wildman–Crippen LogP) is 4.77. The Bertz CT molecular complexity index is 1300. The number of piperazine rings is 1. The quantitative estimate of drug-likeness (QED) is 0.458. The molecule has 3 heterocycles. The van der Waals surface area contributed by atoms with E-state index in [1.807, 2.05) is 39.7 Å². The maximum absolute atomic E-state index is 13.5. The summed E-state index contributed by atoms with van der Waals surface area (Å²) in [6.07, 6.45) is 0. The van der Waals surface area contributed by atoms with Crippen LogP contribution in [0.1, 0.15) is 31.1 Å². The molecule has 0 unspecified atom stereocenters. The third kappa shape index (κ3) is 4.48. The number of hydrogen-bond acceptors (Lipinski definition) is 6. The lowest BCUT2D eigenvalue weighted by atomic mass is 10.1. The Labute approximate surface area is 201 Å². The smallest absolute Gasteiger partial charge is 0.253 e. The van der Waals surface area contributed by atoms with Crippen molar-refractivity contribution in [3.05, 3.63) is 66.0 Å². The molecule has 1 N–H and O–H groups in total. The number of carbonyl (C=O) groups excluding carboxylic acids is 1. The van der Waals surface area contributed by atoms with Gasteiger partial charge in [0.2, 0.25) is 10.1 Å². The van der Waals surface area contributed by atoms with Crippen LogP contribution in [-0.4, -0.2) is 57.1 Å². The lowest BCUT2D eigenvalue weighted by Gasteiger charge is -2.34. The first-order valence-electron chi connectivity index (χ1n) is 11.3. The summed E-state index contributed by atoms with van der Waals surface area (Å²) in [6.45, 7) is 8.95. The van der Waals surface area contributed by atoms with E-state index in [0.29, 0.717) is 26.2 Å². The number of amides is 1. The molecule has 2 aromatic carbocycles. The summed E-state index contributed by atoms with van der Waals surface area (Å²) in [4.78, 5) is 22.5. The molecule has 7 nitrogen and oxygen atoms in total. The predicted molar refractivity (Wildman–Crippen MR) is 134 cm³/mol. The van der Waals surface area contributed by atoms with Gasteiger partial charge in [-0.2, -0.15) is 4.52 Å². The highest BCUT2D eigenvalue weighted by molar-refractivity contribution is 7.20. The van der Waals surface area contributed by atoms with E-state index in [1.165, 1.54) is 23.5 Å². The van der Waals surface area contributed by atoms with E-state index in [1.54, 1.807) is 12.1 Å². The largest absolute Gasteiger partial charge is 0.364 e. The highest BCUT2D eigenvalue weighted by Gasteiger charge is 2.27. The molecule has 0 bridgehead atoms. The summed E-state index contributed by atoms with van der Waals surface area (Å²) in [5.74, 6) is 0.574. The molecule has 176 valence electrons.